The zero-order chi connectivity index (χ0) is 21.0. The molecular formula is C13H10Cl4IN4NaO5. The summed E-state index contributed by atoms with van der Waals surface area (Å²) in [5, 5.41) is 1.25. The van der Waals surface area contributed by atoms with E-state index in [0.717, 1.165) is 5.56 Å². The van der Waals surface area contributed by atoms with Gasteiger partial charge in [-0.2, -0.15) is 0 Å². The molecule has 2 aromatic rings. The van der Waals surface area contributed by atoms with E-state index in [4.69, 9.17) is 60.1 Å². The first-order valence-electron chi connectivity index (χ1n) is 6.47. The fourth-order valence-electron chi connectivity index (χ4n) is 1.31. The molecule has 148 valence electrons. The van der Waals surface area contributed by atoms with Crippen LogP contribution in [0.25, 0.3) is 0 Å². The summed E-state index contributed by atoms with van der Waals surface area (Å²) in [7, 11) is 0. The van der Waals surface area contributed by atoms with Crippen LogP contribution in [0.5, 0.6) is 0 Å². The number of aldehydes is 1. The van der Waals surface area contributed by atoms with Crippen LogP contribution in [0.15, 0.2) is 25.3 Å². The average molecular weight is 594 g/mol. The van der Waals surface area contributed by atoms with Gasteiger partial charge in [0.25, 0.3) is 0 Å². The molecule has 2 rings (SSSR count). The summed E-state index contributed by atoms with van der Waals surface area (Å²) in [6.07, 6.45) is 5.74. The van der Waals surface area contributed by atoms with Crippen molar-refractivity contribution < 1.29 is 68.2 Å². The molecule has 0 spiro atoms. The normalized spacial score (nSPS) is 9.71. The van der Waals surface area contributed by atoms with Crippen molar-refractivity contribution in [2.45, 2.75) is 12.8 Å². The Morgan fingerprint density at radius 1 is 0.821 bits per heavy atom. The Bertz CT molecular complexity index is 666. The van der Waals surface area contributed by atoms with E-state index in [1.807, 2.05) is 0 Å². The zero-order valence-corrected chi connectivity index (χ0v) is 21.3. The number of rotatable bonds is 4. The molecule has 28 heavy (non-hydrogen) atoms. The van der Waals surface area contributed by atoms with Crippen LogP contribution < -0.4 is 63.4 Å². The number of allylic oxidation sites excluding steroid dienone is 1. The SMILES string of the molecule is C=CCc1c(Cl)ncnc1Cl.O=CCc1c(Cl)ncnc1Cl.[Na+].[O-][I+3]([O-])([O-])[O-]. The third-order valence-corrected chi connectivity index (χ3v) is 3.62. The third-order valence-electron chi connectivity index (χ3n) is 2.32. The number of aromatic nitrogens is 4. The summed E-state index contributed by atoms with van der Waals surface area (Å²) in [4.78, 5) is 25.0. The quantitative estimate of drug-likeness (QED) is 0.110. The largest absolute Gasteiger partial charge is 1.00 e. The van der Waals surface area contributed by atoms with E-state index in [2.05, 4.69) is 26.5 Å². The van der Waals surface area contributed by atoms with Crippen molar-refractivity contribution in [1.29, 1.82) is 0 Å². The van der Waals surface area contributed by atoms with E-state index in [0.29, 0.717) is 28.6 Å². The fourth-order valence-corrected chi connectivity index (χ4v) is 2.24. The van der Waals surface area contributed by atoms with Gasteiger partial charge in [0.15, 0.2) is 0 Å². The predicted octanol–water partition coefficient (Wildman–Crippen LogP) is -6.71. The molecule has 0 fully saturated rings. The minimum atomic E-state index is -5.94. The number of nitrogens with zero attached hydrogens (tertiary/aromatic N) is 4. The van der Waals surface area contributed by atoms with E-state index in [1.165, 1.54) is 12.7 Å². The van der Waals surface area contributed by atoms with Crippen LogP contribution in [0.2, 0.25) is 20.6 Å². The Kier molecular flexibility index (Phi) is 17.5. The molecule has 0 radical (unpaired) electrons. The van der Waals surface area contributed by atoms with Crippen molar-refractivity contribution in [2.24, 2.45) is 0 Å². The number of hydrogen-bond donors (Lipinski definition) is 0. The minimum absolute atomic E-state index is 0. The maximum Gasteiger partial charge on any atom is 1.00 e. The number of hydrogen-bond acceptors (Lipinski definition) is 9. The fraction of sp³-hybridized carbons (Fsp3) is 0.154. The molecule has 15 heteroatoms. The monoisotopic (exact) mass is 592 g/mol. The second-order valence-corrected chi connectivity index (χ2v) is 7.70. The van der Waals surface area contributed by atoms with E-state index < -0.39 is 20.1 Å². The smallest absolute Gasteiger partial charge is 0.303 e. The molecule has 2 heterocycles. The molecule has 9 nitrogen and oxygen atoms in total. The van der Waals surface area contributed by atoms with Crippen LogP contribution in [-0.4, -0.2) is 26.2 Å². The van der Waals surface area contributed by atoms with Gasteiger partial charge in [0.1, 0.15) is 59.6 Å². The van der Waals surface area contributed by atoms with Crippen LogP contribution >= 0.6 is 46.4 Å². The van der Waals surface area contributed by atoms with Gasteiger partial charge in [-0.25, -0.2) is 19.9 Å². The van der Waals surface area contributed by atoms with E-state index >= 15 is 0 Å². The first-order chi connectivity index (χ1) is 12.5. The summed E-state index contributed by atoms with van der Waals surface area (Å²) < 4.78 is 34.5. The van der Waals surface area contributed by atoms with Gasteiger partial charge in [-0.1, -0.05) is 52.5 Å². The summed E-state index contributed by atoms with van der Waals surface area (Å²) in [5.74, 6) is 0. The zero-order valence-electron chi connectivity index (χ0n) is 14.2. The molecule has 0 N–H and O–H groups in total. The Morgan fingerprint density at radius 3 is 1.36 bits per heavy atom. The van der Waals surface area contributed by atoms with Gasteiger partial charge >= 0.3 is 29.6 Å². The van der Waals surface area contributed by atoms with E-state index in [9.17, 15) is 4.79 Å². The second-order valence-electron chi connectivity index (χ2n) is 4.11. The third kappa shape index (κ3) is 14.3. The molecule has 2 aromatic heterocycles. The number of halogens is 5. The Hall–Kier alpha value is 0.300. The topological polar surface area (TPSA) is 161 Å². The first kappa shape index (κ1) is 30.5. The maximum absolute atomic E-state index is 10.1. The number of carbonyl (C=O) groups is 1. The van der Waals surface area contributed by atoms with Gasteiger partial charge in [0.05, 0.1) is 0 Å². The van der Waals surface area contributed by atoms with Gasteiger partial charge in [0, 0.05) is 17.5 Å². The van der Waals surface area contributed by atoms with Crippen molar-refractivity contribution in [3.8, 4) is 0 Å². The maximum atomic E-state index is 10.1. The molecule has 0 bridgehead atoms. The molecule has 0 aliphatic rings. The average Bonchev–Trinajstić information content (AvgIpc) is 2.54. The van der Waals surface area contributed by atoms with Gasteiger partial charge in [-0.05, 0) is 6.42 Å². The van der Waals surface area contributed by atoms with Crippen LogP contribution in [0, 0.1) is 0 Å². The molecule has 0 aliphatic heterocycles. The standard InChI is InChI=1S/C7H6Cl2N2.C6H4Cl2N2O.IO4.Na/c1-2-3-5-6(8)10-4-11-7(5)9;7-5-4(1-2-11)6(8)10-3-9-5;2-1(3,4)5;/h2,4H,1,3H2;2-3H,1H2;;/q;;-1;+1. The molecule has 0 unspecified atom stereocenters. The van der Waals surface area contributed by atoms with E-state index in [1.54, 1.807) is 6.08 Å². The van der Waals surface area contributed by atoms with Gasteiger partial charge in [-0.3, -0.25) is 13.7 Å². The molecule has 0 amide bonds. The summed E-state index contributed by atoms with van der Waals surface area (Å²) in [6.45, 7) is 3.57. The number of carbonyl (C=O) groups excluding carboxylic acids is 1. The van der Waals surface area contributed by atoms with Gasteiger partial charge in [0.2, 0.25) is 0 Å². The van der Waals surface area contributed by atoms with Crippen molar-refractivity contribution in [3.05, 3.63) is 57.0 Å². The van der Waals surface area contributed by atoms with Crippen molar-refractivity contribution in [3.63, 3.8) is 0 Å². The Balaban J connectivity index is 0. The molecule has 0 saturated carbocycles. The minimum Gasteiger partial charge on any atom is -0.303 e. The summed E-state index contributed by atoms with van der Waals surface area (Å²) in [6, 6.07) is 0. The van der Waals surface area contributed by atoms with Gasteiger partial charge < -0.3 is 4.79 Å². The van der Waals surface area contributed by atoms with Gasteiger partial charge in [-0.15, -0.1) is 6.58 Å². The molecule has 0 aliphatic carbocycles. The Morgan fingerprint density at radius 2 is 1.11 bits per heavy atom. The van der Waals surface area contributed by atoms with Crippen molar-refractivity contribution in [2.75, 3.05) is 0 Å². The second kappa shape index (κ2) is 16.1. The first-order valence-corrected chi connectivity index (χ1v) is 11.5. The summed E-state index contributed by atoms with van der Waals surface area (Å²) >= 11 is 16.7. The van der Waals surface area contributed by atoms with E-state index in [-0.39, 0.29) is 46.3 Å². The summed E-state index contributed by atoms with van der Waals surface area (Å²) in [5.41, 5.74) is 1.21. The van der Waals surface area contributed by atoms with Crippen molar-refractivity contribution >= 4 is 52.7 Å². The molecule has 0 aromatic carbocycles. The van der Waals surface area contributed by atoms with Crippen LogP contribution in [0.1, 0.15) is 11.1 Å². The molecular weight excluding hydrogens is 584 g/mol. The predicted molar refractivity (Wildman–Crippen MR) is 87.8 cm³/mol. The molecule has 0 atom stereocenters. The Labute approximate surface area is 208 Å². The van der Waals surface area contributed by atoms with Crippen LogP contribution in [0.3, 0.4) is 0 Å². The molecule has 0 saturated heterocycles. The van der Waals surface area contributed by atoms with Crippen molar-refractivity contribution in [1.82, 2.24) is 19.9 Å². The van der Waals surface area contributed by atoms with Crippen LogP contribution in [-0.2, 0) is 17.6 Å². The van der Waals surface area contributed by atoms with Crippen LogP contribution in [0.4, 0.5) is 0 Å².